The van der Waals surface area contributed by atoms with E-state index in [-0.39, 0.29) is 0 Å². The van der Waals surface area contributed by atoms with Crippen LogP contribution in [0.25, 0.3) is 11.1 Å². The maximum absolute atomic E-state index is 6.24. The maximum Gasteiger partial charge on any atom is 0.136 e. The molecular weight excluding hydrogens is 272 g/mol. The largest absolute Gasteiger partial charge is 0.311 e. The van der Waals surface area contributed by atoms with Crippen LogP contribution in [0.1, 0.15) is 30.7 Å². The average molecular weight is 287 g/mol. The zero-order valence-electron chi connectivity index (χ0n) is 11.0. The predicted octanol–water partition coefficient (Wildman–Crippen LogP) is 2.80. The number of nitrogens with one attached hydrogen (secondary N) is 1. The van der Waals surface area contributed by atoms with E-state index < -0.39 is 0 Å². The van der Waals surface area contributed by atoms with Gasteiger partial charge in [-0.15, -0.1) is 0 Å². The highest BCUT2D eigenvalue weighted by Gasteiger charge is 2.39. The van der Waals surface area contributed by atoms with E-state index in [0.717, 1.165) is 11.1 Å². The number of hydrogen-bond acceptors (Lipinski definition) is 4. The van der Waals surface area contributed by atoms with E-state index in [4.69, 9.17) is 11.6 Å². The van der Waals surface area contributed by atoms with Gasteiger partial charge in [0.25, 0.3) is 0 Å². The molecule has 102 valence electrons. The van der Waals surface area contributed by atoms with E-state index in [1.54, 1.807) is 12.4 Å². The Labute approximate surface area is 122 Å². The average Bonchev–Trinajstić information content (AvgIpc) is 3.11. The third-order valence-corrected chi connectivity index (χ3v) is 4.78. The summed E-state index contributed by atoms with van der Waals surface area (Å²) in [4.78, 5) is 4.37. The normalized spacial score (nSPS) is 27.9. The molecule has 2 saturated heterocycles. The lowest BCUT2D eigenvalue weighted by atomic mass is 9.84. The van der Waals surface area contributed by atoms with Gasteiger partial charge in [0.1, 0.15) is 5.15 Å². The fourth-order valence-corrected chi connectivity index (χ4v) is 3.72. The van der Waals surface area contributed by atoms with Crippen molar-refractivity contribution in [3.63, 3.8) is 0 Å². The third kappa shape index (κ3) is 2.00. The minimum Gasteiger partial charge on any atom is -0.311 e. The van der Waals surface area contributed by atoms with Gasteiger partial charge >= 0.3 is 0 Å². The first-order valence-corrected chi connectivity index (χ1v) is 7.37. The smallest absolute Gasteiger partial charge is 0.136 e. The molecule has 20 heavy (non-hydrogen) atoms. The van der Waals surface area contributed by atoms with Gasteiger partial charge in [0, 0.05) is 35.3 Å². The fourth-order valence-electron chi connectivity index (χ4n) is 3.51. The predicted molar refractivity (Wildman–Crippen MR) is 77.6 cm³/mol. The minimum atomic E-state index is 0.526. The molecule has 4 heterocycles. The molecule has 2 fully saturated rings. The van der Waals surface area contributed by atoms with Gasteiger partial charge in [-0.1, -0.05) is 11.6 Å². The number of rotatable bonds is 2. The fraction of sp³-hybridized carbons (Fsp3) is 0.400. The topological polar surface area (TPSA) is 50.7 Å². The Morgan fingerprint density at radius 1 is 1.20 bits per heavy atom. The highest BCUT2D eigenvalue weighted by atomic mass is 35.5. The summed E-state index contributed by atoms with van der Waals surface area (Å²) in [7, 11) is 0. The molecule has 2 aliphatic heterocycles. The molecule has 0 spiro atoms. The first-order valence-electron chi connectivity index (χ1n) is 7.00. The molecule has 0 aliphatic carbocycles. The Bertz CT molecular complexity index is 631. The summed E-state index contributed by atoms with van der Waals surface area (Å²) in [6, 6.07) is 5.37. The van der Waals surface area contributed by atoms with Gasteiger partial charge in [-0.25, -0.2) is 4.98 Å². The molecule has 0 aromatic carbocycles. The summed E-state index contributed by atoms with van der Waals surface area (Å²) in [6.07, 6.45) is 9.12. The van der Waals surface area contributed by atoms with Gasteiger partial charge in [0.05, 0.1) is 12.4 Å². The SMILES string of the molecule is Clc1ncc(C2CC3CCC2N3)cc1-c1ccnnc1. The maximum atomic E-state index is 6.24. The molecule has 4 rings (SSSR count). The lowest BCUT2D eigenvalue weighted by Crippen LogP contribution is -2.21. The summed E-state index contributed by atoms with van der Waals surface area (Å²) in [5.74, 6) is 0.562. The van der Waals surface area contributed by atoms with Gasteiger partial charge in [-0.05, 0) is 37.0 Å². The van der Waals surface area contributed by atoms with E-state index in [1.807, 2.05) is 12.3 Å². The van der Waals surface area contributed by atoms with Crippen molar-refractivity contribution in [1.82, 2.24) is 20.5 Å². The Morgan fingerprint density at radius 3 is 2.85 bits per heavy atom. The zero-order chi connectivity index (χ0) is 13.5. The van der Waals surface area contributed by atoms with Crippen LogP contribution in [-0.2, 0) is 0 Å². The van der Waals surface area contributed by atoms with Crippen LogP contribution >= 0.6 is 11.6 Å². The highest BCUT2D eigenvalue weighted by molar-refractivity contribution is 6.32. The number of hydrogen-bond donors (Lipinski definition) is 1. The van der Waals surface area contributed by atoms with Crippen molar-refractivity contribution in [3.05, 3.63) is 41.4 Å². The first-order chi connectivity index (χ1) is 9.81. The van der Waals surface area contributed by atoms with Gasteiger partial charge in [-0.3, -0.25) is 0 Å². The second kappa shape index (κ2) is 4.79. The van der Waals surface area contributed by atoms with Crippen LogP contribution in [0.2, 0.25) is 5.15 Å². The van der Waals surface area contributed by atoms with Crippen LogP contribution in [0.15, 0.2) is 30.7 Å². The van der Waals surface area contributed by atoms with Crippen LogP contribution in [0.3, 0.4) is 0 Å². The van der Waals surface area contributed by atoms with Gasteiger partial charge in [0.15, 0.2) is 0 Å². The molecule has 2 aromatic heterocycles. The summed E-state index contributed by atoms with van der Waals surface area (Å²) in [5, 5.41) is 11.9. The van der Waals surface area contributed by atoms with Crippen LogP contribution in [0.4, 0.5) is 0 Å². The van der Waals surface area contributed by atoms with Crippen molar-refractivity contribution in [1.29, 1.82) is 0 Å². The molecule has 2 aromatic rings. The molecule has 3 atom stereocenters. The van der Waals surface area contributed by atoms with Crippen molar-refractivity contribution in [2.75, 3.05) is 0 Å². The van der Waals surface area contributed by atoms with Gasteiger partial charge in [0.2, 0.25) is 0 Å². The molecule has 1 N–H and O–H groups in total. The molecule has 2 bridgehead atoms. The Hall–Kier alpha value is -1.52. The molecule has 0 amide bonds. The standard InChI is InChI=1S/C15H15ClN4/c16-15-13(9-3-4-18-19-8-9)5-10(7-17-15)12-6-11-1-2-14(12)20-11/h3-5,7-8,11-12,14,20H,1-2,6H2. The second-order valence-electron chi connectivity index (χ2n) is 5.63. The Morgan fingerprint density at radius 2 is 2.15 bits per heavy atom. The van der Waals surface area contributed by atoms with E-state index in [2.05, 4.69) is 26.6 Å². The van der Waals surface area contributed by atoms with E-state index in [0.29, 0.717) is 23.2 Å². The van der Waals surface area contributed by atoms with Crippen molar-refractivity contribution in [2.24, 2.45) is 0 Å². The highest BCUT2D eigenvalue weighted by Crippen LogP contribution is 2.41. The van der Waals surface area contributed by atoms with Crippen LogP contribution in [-0.4, -0.2) is 27.3 Å². The summed E-state index contributed by atoms with van der Waals surface area (Å²) >= 11 is 6.24. The Kier molecular flexibility index (Phi) is 2.93. The van der Waals surface area contributed by atoms with Gasteiger partial charge in [-0.2, -0.15) is 10.2 Å². The van der Waals surface area contributed by atoms with E-state index in [9.17, 15) is 0 Å². The van der Waals surface area contributed by atoms with Crippen molar-refractivity contribution in [3.8, 4) is 11.1 Å². The van der Waals surface area contributed by atoms with Crippen molar-refractivity contribution >= 4 is 11.6 Å². The van der Waals surface area contributed by atoms with Gasteiger partial charge < -0.3 is 5.32 Å². The zero-order valence-corrected chi connectivity index (χ0v) is 11.7. The molecule has 4 nitrogen and oxygen atoms in total. The molecule has 3 unspecified atom stereocenters. The third-order valence-electron chi connectivity index (χ3n) is 4.48. The summed E-state index contributed by atoms with van der Waals surface area (Å²) < 4.78 is 0. The van der Waals surface area contributed by atoms with Crippen LogP contribution in [0.5, 0.6) is 0 Å². The number of nitrogens with zero attached hydrogens (tertiary/aromatic N) is 3. The number of pyridine rings is 1. The number of fused-ring (bicyclic) bond motifs is 2. The lowest BCUT2D eigenvalue weighted by molar-refractivity contribution is 0.505. The Balaban J connectivity index is 1.72. The monoisotopic (exact) mass is 286 g/mol. The van der Waals surface area contributed by atoms with Crippen molar-refractivity contribution in [2.45, 2.75) is 37.3 Å². The number of aromatic nitrogens is 3. The lowest BCUT2D eigenvalue weighted by Gasteiger charge is -2.21. The quantitative estimate of drug-likeness (QED) is 0.863. The second-order valence-corrected chi connectivity index (χ2v) is 5.99. The van der Waals surface area contributed by atoms with E-state index in [1.165, 1.54) is 24.8 Å². The molecule has 0 radical (unpaired) electrons. The minimum absolute atomic E-state index is 0.526. The molecule has 2 aliphatic rings. The van der Waals surface area contributed by atoms with Crippen molar-refractivity contribution < 1.29 is 0 Å². The molecule has 0 saturated carbocycles. The van der Waals surface area contributed by atoms with Crippen LogP contribution < -0.4 is 5.32 Å². The molecule has 5 heteroatoms. The van der Waals surface area contributed by atoms with Crippen LogP contribution in [0, 0.1) is 0 Å². The molecular formula is C15H15ClN4. The summed E-state index contributed by atoms with van der Waals surface area (Å²) in [6.45, 7) is 0. The first kappa shape index (κ1) is 12.2. The van der Waals surface area contributed by atoms with E-state index >= 15 is 0 Å². The summed E-state index contributed by atoms with van der Waals surface area (Å²) in [5.41, 5.74) is 3.19. The number of halogens is 1.